The maximum atomic E-state index is 13.1. The van der Waals surface area contributed by atoms with E-state index in [9.17, 15) is 9.59 Å². The van der Waals surface area contributed by atoms with Crippen LogP contribution < -0.4 is 0 Å². The SMILES string of the molecule is CCCCCCCCCCCCCCCCCCN(C)C(=O)c1ccccc1COC(=O)N(C)CCCN(C)C. The first-order valence-corrected chi connectivity index (χ1v) is 16.2. The Morgan fingerprint density at radius 1 is 0.600 bits per heavy atom. The van der Waals surface area contributed by atoms with Crippen LogP contribution in [0.4, 0.5) is 4.79 Å². The normalized spacial score (nSPS) is 11.2. The Morgan fingerprint density at radius 3 is 1.60 bits per heavy atom. The van der Waals surface area contributed by atoms with Crippen LogP contribution in [0.1, 0.15) is 132 Å². The van der Waals surface area contributed by atoms with Gasteiger partial charge in [0.05, 0.1) is 0 Å². The number of unbranched alkanes of at least 4 members (excludes halogenated alkanes) is 15. The molecule has 0 aliphatic carbocycles. The molecule has 1 rings (SSSR count). The highest BCUT2D eigenvalue weighted by molar-refractivity contribution is 5.95. The van der Waals surface area contributed by atoms with Crippen LogP contribution in [0.2, 0.25) is 0 Å². The number of rotatable bonds is 24. The lowest BCUT2D eigenvalue weighted by molar-refractivity contribution is 0.0781. The van der Waals surface area contributed by atoms with E-state index in [1.807, 2.05) is 45.4 Å². The molecule has 0 bridgehead atoms. The quantitative estimate of drug-likeness (QED) is 0.119. The van der Waals surface area contributed by atoms with E-state index in [2.05, 4.69) is 11.8 Å². The molecule has 0 saturated heterocycles. The van der Waals surface area contributed by atoms with Crippen molar-refractivity contribution in [2.45, 2.75) is 123 Å². The third-order valence-corrected chi connectivity index (χ3v) is 7.70. The minimum Gasteiger partial charge on any atom is -0.445 e. The Morgan fingerprint density at radius 2 is 1.07 bits per heavy atom. The molecule has 0 aliphatic heterocycles. The fourth-order valence-corrected chi connectivity index (χ4v) is 5.02. The van der Waals surface area contributed by atoms with Gasteiger partial charge < -0.3 is 19.4 Å². The summed E-state index contributed by atoms with van der Waals surface area (Å²) in [6.45, 7) is 4.69. The molecular formula is C34H61N3O3. The molecule has 0 radical (unpaired) electrons. The van der Waals surface area contributed by atoms with Gasteiger partial charge in [-0.25, -0.2) is 4.79 Å². The summed E-state index contributed by atoms with van der Waals surface area (Å²) in [5.41, 5.74) is 1.37. The van der Waals surface area contributed by atoms with E-state index in [1.165, 1.54) is 89.9 Å². The largest absolute Gasteiger partial charge is 0.445 e. The minimum atomic E-state index is -0.359. The lowest BCUT2D eigenvalue weighted by atomic mass is 10.0. The van der Waals surface area contributed by atoms with Gasteiger partial charge in [0.25, 0.3) is 5.91 Å². The number of ether oxygens (including phenoxy) is 1. The number of amides is 2. The molecule has 0 heterocycles. The maximum absolute atomic E-state index is 13.1. The first kappa shape index (κ1) is 35.9. The summed E-state index contributed by atoms with van der Waals surface area (Å²) >= 11 is 0. The average molecular weight is 560 g/mol. The number of carbonyl (C=O) groups excluding carboxylic acids is 2. The molecule has 0 saturated carbocycles. The van der Waals surface area contributed by atoms with Crippen molar-refractivity contribution in [1.82, 2.24) is 14.7 Å². The predicted octanol–water partition coefficient (Wildman–Crippen LogP) is 8.54. The van der Waals surface area contributed by atoms with E-state index in [4.69, 9.17) is 4.74 Å². The Balaban J connectivity index is 2.17. The summed E-state index contributed by atoms with van der Waals surface area (Å²) < 4.78 is 5.51. The summed E-state index contributed by atoms with van der Waals surface area (Å²) in [6, 6.07) is 7.45. The van der Waals surface area contributed by atoms with Gasteiger partial charge in [-0.2, -0.15) is 0 Å². The van der Waals surface area contributed by atoms with Gasteiger partial charge in [-0.3, -0.25) is 4.79 Å². The monoisotopic (exact) mass is 559 g/mol. The maximum Gasteiger partial charge on any atom is 0.409 e. The first-order chi connectivity index (χ1) is 19.4. The van der Waals surface area contributed by atoms with E-state index < -0.39 is 0 Å². The number of hydrogen-bond acceptors (Lipinski definition) is 4. The van der Waals surface area contributed by atoms with Crippen molar-refractivity contribution in [3.8, 4) is 0 Å². The van der Waals surface area contributed by atoms with Gasteiger partial charge in [0.2, 0.25) is 0 Å². The zero-order valence-electron chi connectivity index (χ0n) is 26.7. The predicted molar refractivity (Wildman–Crippen MR) is 169 cm³/mol. The van der Waals surface area contributed by atoms with Gasteiger partial charge in [-0.1, -0.05) is 121 Å². The van der Waals surface area contributed by atoms with Crippen molar-refractivity contribution in [1.29, 1.82) is 0 Å². The summed E-state index contributed by atoms with van der Waals surface area (Å²) in [5.74, 6) is -0.00746. The van der Waals surface area contributed by atoms with Gasteiger partial charge >= 0.3 is 6.09 Å². The molecule has 0 aromatic heterocycles. The molecule has 6 heteroatoms. The van der Waals surface area contributed by atoms with Gasteiger partial charge in [-0.05, 0) is 39.5 Å². The Kier molecular flexibility index (Phi) is 21.2. The highest BCUT2D eigenvalue weighted by Gasteiger charge is 2.17. The van der Waals surface area contributed by atoms with Crippen molar-refractivity contribution in [3.05, 3.63) is 35.4 Å². The zero-order chi connectivity index (χ0) is 29.4. The number of nitrogens with zero attached hydrogens (tertiary/aromatic N) is 3. The first-order valence-electron chi connectivity index (χ1n) is 16.2. The van der Waals surface area contributed by atoms with Gasteiger partial charge in [0.1, 0.15) is 6.61 Å². The van der Waals surface area contributed by atoms with E-state index in [-0.39, 0.29) is 18.6 Å². The van der Waals surface area contributed by atoms with E-state index in [0.29, 0.717) is 12.1 Å². The fraction of sp³-hybridized carbons (Fsp3) is 0.765. The summed E-state index contributed by atoms with van der Waals surface area (Å²) in [6.07, 6.45) is 22.0. The van der Waals surface area contributed by atoms with Crippen LogP contribution in [0.15, 0.2) is 24.3 Å². The van der Waals surface area contributed by atoms with E-state index >= 15 is 0 Å². The van der Waals surface area contributed by atoms with Gasteiger partial charge in [0, 0.05) is 38.3 Å². The molecule has 6 nitrogen and oxygen atoms in total. The van der Waals surface area contributed by atoms with Crippen LogP contribution in [0.25, 0.3) is 0 Å². The lowest BCUT2D eigenvalue weighted by Gasteiger charge is -2.20. The van der Waals surface area contributed by atoms with Crippen LogP contribution in [-0.2, 0) is 11.3 Å². The van der Waals surface area contributed by atoms with Crippen LogP contribution in [0, 0.1) is 0 Å². The number of benzene rings is 1. The second-order valence-corrected chi connectivity index (χ2v) is 11.8. The Hall–Kier alpha value is -2.08. The average Bonchev–Trinajstić information content (AvgIpc) is 2.95. The summed E-state index contributed by atoms with van der Waals surface area (Å²) in [5, 5.41) is 0. The number of hydrogen-bond donors (Lipinski definition) is 0. The Bertz CT molecular complexity index is 783. The molecule has 0 unspecified atom stereocenters. The van der Waals surface area contributed by atoms with Crippen molar-refractivity contribution in [2.75, 3.05) is 47.8 Å². The van der Waals surface area contributed by atoms with Crippen LogP contribution in [-0.4, -0.2) is 74.5 Å². The molecule has 0 aliphatic rings. The molecule has 2 amide bonds. The fourth-order valence-electron chi connectivity index (χ4n) is 5.02. The van der Waals surface area contributed by atoms with Crippen molar-refractivity contribution < 1.29 is 14.3 Å². The highest BCUT2D eigenvalue weighted by Crippen LogP contribution is 2.16. The smallest absolute Gasteiger partial charge is 0.409 e. The summed E-state index contributed by atoms with van der Waals surface area (Å²) in [7, 11) is 7.66. The third-order valence-electron chi connectivity index (χ3n) is 7.70. The van der Waals surface area contributed by atoms with Crippen molar-refractivity contribution in [2.24, 2.45) is 0 Å². The molecule has 0 atom stereocenters. The topological polar surface area (TPSA) is 53.1 Å². The molecule has 1 aromatic carbocycles. The second-order valence-electron chi connectivity index (χ2n) is 11.8. The third kappa shape index (κ3) is 17.6. The van der Waals surface area contributed by atoms with E-state index in [0.717, 1.165) is 37.9 Å². The van der Waals surface area contributed by atoms with Crippen LogP contribution in [0.3, 0.4) is 0 Å². The van der Waals surface area contributed by atoms with Crippen LogP contribution in [0.5, 0.6) is 0 Å². The molecule has 230 valence electrons. The molecule has 40 heavy (non-hydrogen) atoms. The summed E-state index contributed by atoms with van der Waals surface area (Å²) in [4.78, 5) is 31.0. The molecule has 0 N–H and O–H groups in total. The zero-order valence-corrected chi connectivity index (χ0v) is 26.7. The lowest BCUT2D eigenvalue weighted by Crippen LogP contribution is -2.31. The molecular weight excluding hydrogens is 498 g/mol. The van der Waals surface area contributed by atoms with Gasteiger partial charge in [0.15, 0.2) is 0 Å². The van der Waals surface area contributed by atoms with Crippen molar-refractivity contribution in [3.63, 3.8) is 0 Å². The van der Waals surface area contributed by atoms with Crippen molar-refractivity contribution >= 4 is 12.0 Å². The molecule has 0 fully saturated rings. The standard InChI is InChI=1S/C34H61N3O3/c1-6-7-8-9-10-11-12-13-14-15-16-17-18-19-20-23-28-36(4)33(38)32-26-22-21-25-31(32)30-40-34(39)37(5)29-24-27-35(2)3/h21-22,25-26H,6-20,23-24,27-30H2,1-5H3. The van der Waals surface area contributed by atoms with Crippen LogP contribution >= 0.6 is 0 Å². The molecule has 0 spiro atoms. The Labute approximate surface area is 246 Å². The minimum absolute atomic E-state index is 0.00746. The van der Waals surface area contributed by atoms with E-state index in [1.54, 1.807) is 16.8 Å². The van der Waals surface area contributed by atoms with Gasteiger partial charge in [-0.15, -0.1) is 0 Å². The highest BCUT2D eigenvalue weighted by atomic mass is 16.6. The number of carbonyl (C=O) groups is 2. The second kappa shape index (κ2) is 23.6. The molecule has 1 aromatic rings.